The van der Waals surface area contributed by atoms with Crippen molar-refractivity contribution in [1.29, 1.82) is 0 Å². The molecule has 332 valence electrons. The van der Waals surface area contributed by atoms with E-state index in [9.17, 15) is 24.0 Å². The number of methoxy groups -OCH3 is 2. The quantitative estimate of drug-likeness (QED) is 0.102. The van der Waals surface area contributed by atoms with E-state index in [4.69, 9.17) is 23.7 Å². The van der Waals surface area contributed by atoms with E-state index in [2.05, 4.69) is 5.32 Å². The number of ether oxygens (including phenoxy) is 5. The molecule has 2 aliphatic rings. The lowest BCUT2D eigenvalue weighted by Crippen LogP contribution is -2.48. The molecule has 1 N–H and O–H groups in total. The maximum absolute atomic E-state index is 13.0. The van der Waals surface area contributed by atoms with Crippen molar-refractivity contribution < 1.29 is 38.1 Å². The number of nitrogens with one attached hydrogen (secondary N) is 1. The molecule has 0 spiro atoms. The van der Waals surface area contributed by atoms with Crippen LogP contribution in [0.1, 0.15) is 86.0 Å². The van der Waals surface area contributed by atoms with E-state index in [1.54, 1.807) is 53.4 Å². The molecule has 14 heteroatoms. The molecule has 2 aliphatic heterocycles. The summed E-state index contributed by atoms with van der Waals surface area (Å²) < 4.78 is 30.4. The van der Waals surface area contributed by atoms with Gasteiger partial charge in [0, 0.05) is 50.4 Å². The predicted octanol–water partition coefficient (Wildman–Crippen LogP) is 7.09. The Morgan fingerprint density at radius 2 is 1.08 bits per heavy atom. The van der Waals surface area contributed by atoms with E-state index in [-0.39, 0.29) is 29.2 Å². The Kier molecular flexibility index (Phi) is 16.0. The highest BCUT2D eigenvalue weighted by Gasteiger charge is 2.44. The van der Waals surface area contributed by atoms with E-state index in [0.717, 1.165) is 66.3 Å². The molecule has 14 nitrogen and oxygen atoms in total. The van der Waals surface area contributed by atoms with Gasteiger partial charge >= 0.3 is 18.0 Å². The van der Waals surface area contributed by atoms with Crippen molar-refractivity contribution in [3.63, 3.8) is 0 Å². The number of likely N-dealkylation sites (tertiary alicyclic amines) is 1. The Bertz CT molecular complexity index is 2240. The van der Waals surface area contributed by atoms with Crippen LogP contribution >= 0.6 is 0 Å². The maximum Gasteiger partial charge on any atom is 0.410 e. The fraction of sp³-hybridized carbons (Fsp3) is 0.553. The summed E-state index contributed by atoms with van der Waals surface area (Å²) >= 11 is 0. The number of amides is 1. The van der Waals surface area contributed by atoms with Crippen LogP contribution in [0.25, 0.3) is 21.8 Å². The molecule has 0 bridgehead atoms. The minimum absolute atomic E-state index is 0.0359. The zero-order chi connectivity index (χ0) is 44.2. The molecular weight excluding hydrogens is 781 g/mol. The van der Waals surface area contributed by atoms with Crippen molar-refractivity contribution in [1.82, 2.24) is 19.4 Å². The number of pyridine rings is 2. The SMILES string of the molecule is CCOC(=O)C1(CCCn2c(=O)ccc3ccc(OC)cc32)CCN(C(=O)OC(C)(C)C)CC1.CCOC(=O)C1(CCCn2c(=O)ccc3ccc(OC)cc32)CCNCC1. The summed E-state index contributed by atoms with van der Waals surface area (Å²) in [5.74, 6) is 1.08. The fourth-order valence-corrected chi connectivity index (χ4v) is 8.43. The van der Waals surface area contributed by atoms with Gasteiger partial charge in [-0.05, 0) is 146 Å². The Morgan fingerprint density at radius 3 is 1.49 bits per heavy atom. The zero-order valence-corrected chi connectivity index (χ0v) is 37.0. The van der Waals surface area contributed by atoms with Crippen LogP contribution in [0, 0.1) is 10.8 Å². The van der Waals surface area contributed by atoms with Gasteiger partial charge in [0.1, 0.15) is 17.1 Å². The van der Waals surface area contributed by atoms with Crippen LogP contribution in [0.2, 0.25) is 0 Å². The summed E-state index contributed by atoms with van der Waals surface area (Å²) in [6.45, 7) is 13.4. The highest BCUT2D eigenvalue weighted by Crippen LogP contribution is 2.39. The van der Waals surface area contributed by atoms with E-state index >= 15 is 0 Å². The van der Waals surface area contributed by atoms with Gasteiger partial charge in [0.25, 0.3) is 11.1 Å². The van der Waals surface area contributed by atoms with Gasteiger partial charge in [-0.15, -0.1) is 0 Å². The topological polar surface area (TPSA) is 157 Å². The fourth-order valence-electron chi connectivity index (χ4n) is 8.43. The summed E-state index contributed by atoms with van der Waals surface area (Å²) in [7, 11) is 3.21. The van der Waals surface area contributed by atoms with Crippen molar-refractivity contribution in [2.45, 2.75) is 105 Å². The number of hydrogen-bond donors (Lipinski definition) is 1. The number of carbonyl (C=O) groups excluding carboxylic acids is 3. The number of rotatable bonds is 14. The lowest BCUT2D eigenvalue weighted by molar-refractivity contribution is -0.159. The first-order valence-corrected chi connectivity index (χ1v) is 21.6. The van der Waals surface area contributed by atoms with Crippen LogP contribution < -0.4 is 25.9 Å². The van der Waals surface area contributed by atoms with Crippen LogP contribution in [0.5, 0.6) is 11.5 Å². The van der Waals surface area contributed by atoms with Gasteiger partial charge in [0.15, 0.2) is 0 Å². The van der Waals surface area contributed by atoms with Gasteiger partial charge in [0.2, 0.25) is 0 Å². The number of piperidine rings is 2. The first-order chi connectivity index (χ1) is 29.2. The average Bonchev–Trinajstić information content (AvgIpc) is 3.25. The number of aromatic nitrogens is 2. The van der Waals surface area contributed by atoms with Gasteiger partial charge in [-0.2, -0.15) is 0 Å². The minimum Gasteiger partial charge on any atom is -0.497 e. The van der Waals surface area contributed by atoms with Crippen LogP contribution in [-0.2, 0) is 36.9 Å². The number of carbonyl (C=O) groups is 3. The average molecular weight is 845 g/mol. The largest absolute Gasteiger partial charge is 0.497 e. The molecule has 0 unspecified atom stereocenters. The third-order valence-electron chi connectivity index (χ3n) is 11.8. The van der Waals surface area contributed by atoms with E-state index in [1.807, 2.05) is 70.2 Å². The first-order valence-electron chi connectivity index (χ1n) is 21.6. The molecule has 2 aromatic heterocycles. The molecule has 4 heterocycles. The monoisotopic (exact) mass is 844 g/mol. The highest BCUT2D eigenvalue weighted by molar-refractivity contribution is 5.82. The number of fused-ring (bicyclic) bond motifs is 2. The molecular formula is C47H64N4O10. The lowest BCUT2D eigenvalue weighted by Gasteiger charge is -2.40. The van der Waals surface area contributed by atoms with E-state index in [0.29, 0.717) is 70.8 Å². The maximum atomic E-state index is 13.0. The molecule has 6 rings (SSSR count). The van der Waals surface area contributed by atoms with Crippen molar-refractivity contribution in [3.05, 3.63) is 81.4 Å². The summed E-state index contributed by atoms with van der Waals surface area (Å²) in [5, 5.41) is 5.26. The second kappa shape index (κ2) is 20.9. The molecule has 0 aliphatic carbocycles. The zero-order valence-electron chi connectivity index (χ0n) is 37.0. The smallest absolute Gasteiger partial charge is 0.410 e. The molecule has 1 amide bonds. The van der Waals surface area contributed by atoms with Gasteiger partial charge in [0.05, 0.1) is 49.3 Å². The van der Waals surface area contributed by atoms with E-state index in [1.165, 1.54) is 0 Å². The normalized spacial score (nSPS) is 16.0. The highest BCUT2D eigenvalue weighted by atomic mass is 16.6. The minimum atomic E-state index is -0.680. The molecule has 0 atom stereocenters. The van der Waals surface area contributed by atoms with Crippen molar-refractivity contribution in [2.75, 3.05) is 53.6 Å². The molecule has 0 saturated carbocycles. The van der Waals surface area contributed by atoms with Crippen molar-refractivity contribution >= 4 is 39.8 Å². The van der Waals surface area contributed by atoms with Gasteiger partial charge in [-0.25, -0.2) is 4.79 Å². The molecule has 4 aromatic rings. The molecule has 61 heavy (non-hydrogen) atoms. The number of hydrogen-bond acceptors (Lipinski definition) is 11. The molecule has 2 saturated heterocycles. The Morgan fingerprint density at radius 1 is 0.656 bits per heavy atom. The van der Waals surface area contributed by atoms with Crippen LogP contribution in [0.15, 0.2) is 70.3 Å². The van der Waals surface area contributed by atoms with Crippen LogP contribution in [-0.4, -0.2) is 91.3 Å². The first kappa shape index (κ1) is 46.7. The van der Waals surface area contributed by atoms with Crippen molar-refractivity contribution in [3.8, 4) is 11.5 Å². The Hall–Kier alpha value is -5.37. The van der Waals surface area contributed by atoms with E-state index < -0.39 is 16.4 Å². The van der Waals surface area contributed by atoms with Gasteiger partial charge < -0.3 is 43.0 Å². The number of esters is 2. The van der Waals surface area contributed by atoms with Crippen LogP contribution in [0.3, 0.4) is 0 Å². The second-order valence-electron chi connectivity index (χ2n) is 16.9. The van der Waals surface area contributed by atoms with Crippen molar-refractivity contribution in [2.24, 2.45) is 10.8 Å². The summed E-state index contributed by atoms with van der Waals surface area (Å²) in [5.41, 5.74) is -0.152. The second-order valence-corrected chi connectivity index (χ2v) is 16.9. The third-order valence-corrected chi connectivity index (χ3v) is 11.8. The Labute approximate surface area is 358 Å². The van der Waals surface area contributed by atoms with Gasteiger partial charge in [-0.3, -0.25) is 19.2 Å². The predicted molar refractivity (Wildman–Crippen MR) is 235 cm³/mol. The lowest BCUT2D eigenvalue weighted by atomic mass is 9.74. The summed E-state index contributed by atoms with van der Waals surface area (Å²) in [4.78, 5) is 64.8. The molecule has 2 fully saturated rings. The number of aryl methyl sites for hydroxylation is 2. The number of benzene rings is 2. The molecule has 0 radical (unpaired) electrons. The number of nitrogens with zero attached hydrogens (tertiary/aromatic N) is 3. The van der Waals surface area contributed by atoms with Crippen LogP contribution in [0.4, 0.5) is 4.79 Å². The molecule has 2 aromatic carbocycles. The standard InChI is InChI=1S/C26H36N2O6.C21H28N2O4/c1-6-33-23(30)26(13-16-27(17-14-26)24(31)34-25(2,3)4)12-7-15-28-21-18-20(32-5)10-8-19(21)9-11-22(28)29;1-3-27-20(25)21(10-12-22-13-11-21)9-4-14-23-18-15-17(26-2)7-5-16(18)6-8-19(23)24/h8-11,18H,6-7,12-17H2,1-5H3;5-8,15,22H,3-4,9-14H2,1-2H3. The Balaban J connectivity index is 0.000000237. The summed E-state index contributed by atoms with van der Waals surface area (Å²) in [6, 6.07) is 18.2. The third kappa shape index (κ3) is 11.7. The summed E-state index contributed by atoms with van der Waals surface area (Å²) in [6.07, 6.45) is 4.87. The van der Waals surface area contributed by atoms with Gasteiger partial charge in [-0.1, -0.05) is 0 Å².